The van der Waals surface area contributed by atoms with Gasteiger partial charge in [0, 0.05) is 6.04 Å². The van der Waals surface area contributed by atoms with Crippen molar-refractivity contribution >= 4 is 15.9 Å². The quantitative estimate of drug-likeness (QED) is 0.763. The van der Waals surface area contributed by atoms with Crippen LogP contribution in [0.1, 0.15) is 45.1 Å². The predicted octanol–water partition coefficient (Wildman–Crippen LogP) is 0.968. The minimum atomic E-state index is -3.46. The van der Waals surface area contributed by atoms with Gasteiger partial charge in [0.1, 0.15) is 0 Å². The monoisotopic (exact) mass is 408 g/mol. The Labute approximate surface area is 169 Å². The number of hydrogen-bond donors (Lipinski definition) is 2. The highest BCUT2D eigenvalue weighted by atomic mass is 32.2. The summed E-state index contributed by atoms with van der Waals surface area (Å²) in [6, 6.07) is 7.13. The number of aryl methyl sites for hydroxylation is 1. The minimum Gasteiger partial charge on any atom is -0.348 e. The van der Waals surface area contributed by atoms with Crippen molar-refractivity contribution in [2.75, 3.05) is 26.2 Å². The number of nitrogens with one attached hydrogen (secondary N) is 2. The minimum absolute atomic E-state index is 0.101. The van der Waals surface area contributed by atoms with Crippen LogP contribution in [-0.4, -0.2) is 56.9 Å². The Bertz CT molecular complexity index is 771. The lowest BCUT2D eigenvalue weighted by Gasteiger charge is -2.35. The second-order valence-corrected chi connectivity index (χ2v) is 10.4. The average Bonchev–Trinajstić information content (AvgIpc) is 2.69. The Morgan fingerprint density at radius 2 is 1.75 bits per heavy atom. The molecule has 156 valence electrons. The van der Waals surface area contributed by atoms with Gasteiger partial charge >= 0.3 is 0 Å². The summed E-state index contributed by atoms with van der Waals surface area (Å²) in [5, 5.41) is 3.25. The normalized spacial score (nSPS) is 26.0. The van der Waals surface area contributed by atoms with Crippen LogP contribution in [0.15, 0.2) is 29.2 Å². The van der Waals surface area contributed by atoms with Crippen LogP contribution in [0.5, 0.6) is 0 Å². The molecule has 1 aromatic rings. The molecule has 2 fully saturated rings. The van der Waals surface area contributed by atoms with Crippen molar-refractivity contribution in [3.63, 3.8) is 0 Å². The number of quaternary nitrogens is 1. The van der Waals surface area contributed by atoms with E-state index in [-0.39, 0.29) is 18.0 Å². The summed E-state index contributed by atoms with van der Waals surface area (Å²) in [5.41, 5.74) is 1.04. The molecule has 0 aromatic heterocycles. The highest BCUT2D eigenvalue weighted by Gasteiger charge is 2.35. The molecule has 1 amide bonds. The third-order valence-corrected chi connectivity index (χ3v) is 8.38. The summed E-state index contributed by atoms with van der Waals surface area (Å²) < 4.78 is 27.2. The van der Waals surface area contributed by atoms with Crippen molar-refractivity contribution in [1.29, 1.82) is 0 Å². The molecule has 3 rings (SSSR count). The maximum atomic E-state index is 12.8. The first-order chi connectivity index (χ1) is 13.3. The molecule has 2 aliphatic rings. The molecule has 7 heteroatoms. The van der Waals surface area contributed by atoms with Crippen molar-refractivity contribution in [3.05, 3.63) is 29.8 Å². The van der Waals surface area contributed by atoms with Gasteiger partial charge in [0.05, 0.1) is 31.1 Å². The maximum Gasteiger partial charge on any atom is 0.278 e. The number of piperazine rings is 1. The summed E-state index contributed by atoms with van der Waals surface area (Å²) in [6.45, 7) is 8.32. The molecular weight excluding hydrogens is 374 g/mol. The fourth-order valence-electron chi connectivity index (χ4n) is 4.33. The maximum absolute atomic E-state index is 12.8. The van der Waals surface area contributed by atoms with Crippen molar-refractivity contribution in [1.82, 2.24) is 9.62 Å². The van der Waals surface area contributed by atoms with Crippen molar-refractivity contribution in [2.45, 2.75) is 63.4 Å². The summed E-state index contributed by atoms with van der Waals surface area (Å²) >= 11 is 0. The van der Waals surface area contributed by atoms with Crippen LogP contribution in [0.2, 0.25) is 0 Å². The van der Waals surface area contributed by atoms with E-state index in [0.29, 0.717) is 37.0 Å². The molecule has 0 spiro atoms. The molecule has 2 N–H and O–H groups in total. The van der Waals surface area contributed by atoms with Gasteiger partial charge in [-0.05, 0) is 44.7 Å². The molecule has 1 saturated carbocycles. The van der Waals surface area contributed by atoms with Gasteiger partial charge in [0.25, 0.3) is 5.91 Å². The Balaban J connectivity index is 1.55. The largest absolute Gasteiger partial charge is 0.348 e. The van der Waals surface area contributed by atoms with E-state index in [2.05, 4.69) is 12.2 Å². The van der Waals surface area contributed by atoms with Gasteiger partial charge in [-0.3, -0.25) is 4.79 Å². The molecular formula is C21H34N3O3S+. The molecule has 28 heavy (non-hydrogen) atoms. The lowest BCUT2D eigenvalue weighted by atomic mass is 9.86. The van der Waals surface area contributed by atoms with Crippen molar-refractivity contribution in [3.8, 4) is 0 Å². The molecule has 0 bridgehead atoms. The molecule has 1 aliphatic heterocycles. The molecule has 6 nitrogen and oxygen atoms in total. The lowest BCUT2D eigenvalue weighted by Crippen LogP contribution is -3.19. The van der Waals surface area contributed by atoms with Gasteiger partial charge in [-0.15, -0.1) is 0 Å². The van der Waals surface area contributed by atoms with E-state index in [1.54, 1.807) is 16.4 Å². The number of rotatable bonds is 5. The Morgan fingerprint density at radius 1 is 1.14 bits per heavy atom. The number of hydrogen-bond acceptors (Lipinski definition) is 3. The Hall–Kier alpha value is -1.44. The Morgan fingerprint density at radius 3 is 2.36 bits per heavy atom. The summed E-state index contributed by atoms with van der Waals surface area (Å²) in [7, 11) is -3.46. The number of carbonyl (C=O) groups is 1. The average molecular weight is 409 g/mol. The zero-order valence-electron chi connectivity index (χ0n) is 17.3. The van der Waals surface area contributed by atoms with Crippen LogP contribution in [0.3, 0.4) is 0 Å². The fourth-order valence-corrected chi connectivity index (χ4v) is 5.77. The second kappa shape index (κ2) is 8.93. The molecule has 1 aliphatic carbocycles. The standard InChI is InChI=1S/C21H33N3O3S/c1-16-8-10-19(11-9-16)28(26,27)24-14-12-23(13-15-24)18(3)21(25)22-20-7-5-4-6-17(20)2/h8-11,17-18,20H,4-7,12-15H2,1-3H3,(H,22,25)/p+1/t17-,18+,20+/m0/s1. The topological polar surface area (TPSA) is 70.9 Å². The summed E-state index contributed by atoms with van der Waals surface area (Å²) in [6.07, 6.45) is 4.69. The zero-order chi connectivity index (χ0) is 20.3. The third kappa shape index (κ3) is 4.75. The number of amides is 1. The molecule has 0 unspecified atom stereocenters. The summed E-state index contributed by atoms with van der Waals surface area (Å²) in [5.74, 6) is 0.639. The fraction of sp³-hybridized carbons (Fsp3) is 0.667. The van der Waals surface area contributed by atoms with Gasteiger partial charge in [-0.2, -0.15) is 4.31 Å². The molecule has 3 atom stereocenters. The molecule has 0 radical (unpaired) electrons. The number of benzene rings is 1. The highest BCUT2D eigenvalue weighted by molar-refractivity contribution is 7.89. The first-order valence-corrected chi connectivity index (χ1v) is 11.9. The van der Waals surface area contributed by atoms with Crippen molar-refractivity contribution in [2.24, 2.45) is 5.92 Å². The smallest absolute Gasteiger partial charge is 0.278 e. The van der Waals surface area contributed by atoms with Crippen LogP contribution in [0.4, 0.5) is 0 Å². The third-order valence-electron chi connectivity index (χ3n) is 6.47. The van der Waals surface area contributed by atoms with Gasteiger partial charge in [-0.1, -0.05) is 37.5 Å². The van der Waals surface area contributed by atoms with E-state index in [9.17, 15) is 13.2 Å². The van der Waals surface area contributed by atoms with Crippen LogP contribution < -0.4 is 10.2 Å². The second-order valence-electron chi connectivity index (χ2n) is 8.47. The van der Waals surface area contributed by atoms with Gasteiger partial charge in [0.2, 0.25) is 10.0 Å². The Kier molecular flexibility index (Phi) is 6.78. The lowest BCUT2D eigenvalue weighted by molar-refractivity contribution is -0.917. The molecule has 1 aromatic carbocycles. The first kappa shape index (κ1) is 21.3. The number of sulfonamides is 1. The first-order valence-electron chi connectivity index (χ1n) is 10.5. The van der Waals surface area contributed by atoms with Gasteiger partial charge in [-0.25, -0.2) is 8.42 Å². The van der Waals surface area contributed by atoms with E-state index in [1.807, 2.05) is 26.0 Å². The number of nitrogens with zero attached hydrogens (tertiary/aromatic N) is 1. The summed E-state index contributed by atoms with van der Waals surface area (Å²) in [4.78, 5) is 14.2. The SMILES string of the molecule is Cc1ccc(S(=O)(=O)N2CC[NH+]([C@H](C)C(=O)N[C@@H]3CCCC[C@@H]3C)CC2)cc1. The van der Waals surface area contributed by atoms with Crippen LogP contribution >= 0.6 is 0 Å². The van der Waals surface area contributed by atoms with E-state index in [0.717, 1.165) is 16.9 Å². The van der Waals surface area contributed by atoms with Crippen LogP contribution in [0.25, 0.3) is 0 Å². The predicted molar refractivity (Wildman–Crippen MR) is 110 cm³/mol. The van der Waals surface area contributed by atoms with E-state index >= 15 is 0 Å². The highest BCUT2D eigenvalue weighted by Crippen LogP contribution is 2.23. The van der Waals surface area contributed by atoms with Crippen LogP contribution in [-0.2, 0) is 14.8 Å². The van der Waals surface area contributed by atoms with Gasteiger partial charge < -0.3 is 10.2 Å². The van der Waals surface area contributed by atoms with E-state index in [4.69, 9.17) is 0 Å². The van der Waals surface area contributed by atoms with Crippen molar-refractivity contribution < 1.29 is 18.1 Å². The molecule has 1 heterocycles. The zero-order valence-corrected chi connectivity index (χ0v) is 18.1. The van der Waals surface area contributed by atoms with E-state index in [1.165, 1.54) is 19.3 Å². The molecule has 1 saturated heterocycles. The number of carbonyl (C=O) groups excluding carboxylic acids is 1. The van der Waals surface area contributed by atoms with Crippen LogP contribution in [0, 0.1) is 12.8 Å². The van der Waals surface area contributed by atoms with Gasteiger partial charge in [0.15, 0.2) is 6.04 Å². The van der Waals surface area contributed by atoms with E-state index < -0.39 is 10.0 Å².